The van der Waals surface area contributed by atoms with Crippen LogP contribution in [0, 0.1) is 11.8 Å². The standard InChI is InChI=1S/C21H36N4O5.ClH/c1-3-30-21(29)18(24-15(2)26)13-23-20(28)17-5-4-12-25(14-17)19(27)7-6-16-8-10-22-11-9-16;/h16-18,22H,3-14H2,1-2H3,(H,23,28)(H,24,26);1H/t17-,18?;/m1./s1. The Kier molecular flexibility index (Phi) is 12.5. The molecule has 10 heteroatoms. The van der Waals surface area contributed by atoms with Gasteiger partial charge in [-0.25, -0.2) is 4.79 Å². The molecule has 2 rings (SSSR count). The van der Waals surface area contributed by atoms with Crippen LogP contribution in [0.5, 0.6) is 0 Å². The van der Waals surface area contributed by atoms with Gasteiger partial charge in [0.25, 0.3) is 0 Å². The van der Waals surface area contributed by atoms with Gasteiger partial charge in [0.05, 0.1) is 12.5 Å². The quantitative estimate of drug-likeness (QED) is 0.434. The summed E-state index contributed by atoms with van der Waals surface area (Å²) in [5.41, 5.74) is 0. The molecule has 2 saturated heterocycles. The van der Waals surface area contributed by atoms with E-state index in [-0.39, 0.29) is 49.2 Å². The zero-order valence-electron chi connectivity index (χ0n) is 18.6. The first-order chi connectivity index (χ1) is 14.4. The number of nitrogens with zero attached hydrogens (tertiary/aromatic N) is 1. The number of hydrogen-bond acceptors (Lipinski definition) is 6. The fraction of sp³-hybridized carbons (Fsp3) is 0.810. The largest absolute Gasteiger partial charge is 0.464 e. The van der Waals surface area contributed by atoms with Crippen LogP contribution in [-0.4, -0.2) is 74.0 Å². The molecule has 2 aliphatic rings. The van der Waals surface area contributed by atoms with Crippen molar-refractivity contribution in [3.05, 3.63) is 0 Å². The summed E-state index contributed by atoms with van der Waals surface area (Å²) in [4.78, 5) is 50.3. The van der Waals surface area contributed by atoms with Crippen LogP contribution in [0.25, 0.3) is 0 Å². The van der Waals surface area contributed by atoms with Gasteiger partial charge >= 0.3 is 5.97 Å². The molecule has 31 heavy (non-hydrogen) atoms. The Morgan fingerprint density at radius 3 is 2.52 bits per heavy atom. The molecule has 2 heterocycles. The Hall–Kier alpha value is -1.87. The lowest BCUT2D eigenvalue weighted by atomic mass is 9.92. The van der Waals surface area contributed by atoms with E-state index in [4.69, 9.17) is 4.74 Å². The van der Waals surface area contributed by atoms with Crippen LogP contribution in [0.1, 0.15) is 52.4 Å². The summed E-state index contributed by atoms with van der Waals surface area (Å²) in [7, 11) is 0. The molecule has 2 aliphatic heterocycles. The molecule has 1 unspecified atom stereocenters. The van der Waals surface area contributed by atoms with Gasteiger partial charge in [-0.15, -0.1) is 12.4 Å². The van der Waals surface area contributed by atoms with Crippen LogP contribution in [0.2, 0.25) is 0 Å². The number of carbonyl (C=O) groups excluding carboxylic acids is 4. The molecule has 0 aromatic heterocycles. The van der Waals surface area contributed by atoms with E-state index >= 15 is 0 Å². The molecule has 3 N–H and O–H groups in total. The topological polar surface area (TPSA) is 117 Å². The van der Waals surface area contributed by atoms with E-state index in [0.29, 0.717) is 31.8 Å². The van der Waals surface area contributed by atoms with Gasteiger partial charge < -0.3 is 25.6 Å². The van der Waals surface area contributed by atoms with Gasteiger partial charge in [-0.05, 0) is 58.0 Å². The van der Waals surface area contributed by atoms with Crippen molar-refractivity contribution in [3.63, 3.8) is 0 Å². The van der Waals surface area contributed by atoms with E-state index < -0.39 is 12.0 Å². The van der Waals surface area contributed by atoms with E-state index in [1.54, 1.807) is 11.8 Å². The minimum absolute atomic E-state index is 0. The van der Waals surface area contributed by atoms with Gasteiger partial charge in [0, 0.05) is 33.0 Å². The molecule has 178 valence electrons. The predicted molar refractivity (Wildman–Crippen MR) is 119 cm³/mol. The maximum absolute atomic E-state index is 12.6. The highest BCUT2D eigenvalue weighted by Crippen LogP contribution is 2.21. The van der Waals surface area contributed by atoms with Crippen LogP contribution in [-0.2, 0) is 23.9 Å². The van der Waals surface area contributed by atoms with E-state index in [0.717, 1.165) is 38.8 Å². The Morgan fingerprint density at radius 1 is 1.16 bits per heavy atom. The molecule has 0 bridgehead atoms. The van der Waals surface area contributed by atoms with E-state index in [9.17, 15) is 19.2 Å². The zero-order chi connectivity index (χ0) is 21.9. The van der Waals surface area contributed by atoms with Gasteiger partial charge in [-0.2, -0.15) is 0 Å². The molecule has 2 atom stereocenters. The van der Waals surface area contributed by atoms with Gasteiger partial charge in [-0.3, -0.25) is 14.4 Å². The smallest absolute Gasteiger partial charge is 0.330 e. The summed E-state index contributed by atoms with van der Waals surface area (Å²) in [6, 6.07) is -0.919. The van der Waals surface area contributed by atoms with Crippen LogP contribution >= 0.6 is 12.4 Å². The molecule has 2 fully saturated rings. The first-order valence-electron chi connectivity index (χ1n) is 11.1. The lowest BCUT2D eigenvalue weighted by Crippen LogP contribution is -2.51. The second kappa shape index (κ2) is 14.2. The van der Waals surface area contributed by atoms with Crippen LogP contribution in [0.3, 0.4) is 0 Å². The monoisotopic (exact) mass is 460 g/mol. The number of hydrogen-bond donors (Lipinski definition) is 3. The minimum atomic E-state index is -0.919. The first-order valence-corrected chi connectivity index (χ1v) is 11.1. The van der Waals surface area contributed by atoms with Crippen molar-refractivity contribution in [3.8, 4) is 0 Å². The van der Waals surface area contributed by atoms with Gasteiger partial charge in [0.15, 0.2) is 0 Å². The molecular weight excluding hydrogens is 424 g/mol. The van der Waals surface area contributed by atoms with Crippen LogP contribution in [0.15, 0.2) is 0 Å². The Bertz CT molecular complexity index is 613. The van der Waals surface area contributed by atoms with Crippen molar-refractivity contribution in [2.45, 2.75) is 58.4 Å². The summed E-state index contributed by atoms with van der Waals surface area (Å²) >= 11 is 0. The van der Waals surface area contributed by atoms with Gasteiger partial charge in [0.2, 0.25) is 17.7 Å². The van der Waals surface area contributed by atoms with E-state index in [2.05, 4.69) is 16.0 Å². The zero-order valence-corrected chi connectivity index (χ0v) is 19.4. The number of rotatable bonds is 9. The Labute approximate surface area is 190 Å². The number of likely N-dealkylation sites (tertiary alicyclic amines) is 1. The summed E-state index contributed by atoms with van der Waals surface area (Å²) in [6.45, 7) is 6.29. The minimum Gasteiger partial charge on any atom is -0.464 e. The third kappa shape index (κ3) is 9.43. The molecule has 0 radical (unpaired) electrons. The Morgan fingerprint density at radius 2 is 1.87 bits per heavy atom. The fourth-order valence-electron chi connectivity index (χ4n) is 4.10. The van der Waals surface area contributed by atoms with Crippen molar-refractivity contribution in [1.29, 1.82) is 0 Å². The van der Waals surface area contributed by atoms with Gasteiger partial charge in [0.1, 0.15) is 6.04 Å². The molecule has 9 nitrogen and oxygen atoms in total. The third-order valence-electron chi connectivity index (χ3n) is 5.80. The maximum atomic E-state index is 12.6. The van der Waals surface area contributed by atoms with Crippen molar-refractivity contribution in [1.82, 2.24) is 20.9 Å². The van der Waals surface area contributed by atoms with Crippen LogP contribution < -0.4 is 16.0 Å². The molecule has 0 aliphatic carbocycles. The van der Waals surface area contributed by atoms with E-state index in [1.807, 2.05) is 0 Å². The average molecular weight is 461 g/mol. The number of piperidine rings is 2. The predicted octanol–water partition coefficient (Wildman–Crippen LogP) is 0.611. The maximum Gasteiger partial charge on any atom is 0.330 e. The summed E-state index contributed by atoms with van der Waals surface area (Å²) in [6.07, 6.45) is 5.17. The highest BCUT2D eigenvalue weighted by atomic mass is 35.5. The number of halogens is 1. The average Bonchev–Trinajstić information content (AvgIpc) is 2.75. The van der Waals surface area contributed by atoms with Crippen molar-refractivity contribution >= 4 is 36.1 Å². The van der Waals surface area contributed by atoms with Crippen molar-refractivity contribution in [2.24, 2.45) is 11.8 Å². The molecule has 0 saturated carbocycles. The van der Waals surface area contributed by atoms with Crippen molar-refractivity contribution in [2.75, 3.05) is 39.3 Å². The highest BCUT2D eigenvalue weighted by Gasteiger charge is 2.30. The number of carbonyl (C=O) groups is 4. The molecule has 0 aromatic carbocycles. The SMILES string of the molecule is CCOC(=O)C(CNC(=O)[C@@H]1CCCN(C(=O)CCC2CCNCC2)C1)NC(C)=O.Cl. The van der Waals surface area contributed by atoms with Crippen LogP contribution in [0.4, 0.5) is 0 Å². The number of amides is 3. The molecule has 0 spiro atoms. The fourth-order valence-corrected chi connectivity index (χ4v) is 4.10. The summed E-state index contributed by atoms with van der Waals surface area (Å²) in [5.74, 6) is -0.731. The third-order valence-corrected chi connectivity index (χ3v) is 5.80. The normalized spacial score (nSPS) is 20.2. The van der Waals surface area contributed by atoms with E-state index in [1.165, 1.54) is 6.92 Å². The molecule has 0 aromatic rings. The summed E-state index contributed by atoms with van der Waals surface area (Å²) < 4.78 is 4.95. The lowest BCUT2D eigenvalue weighted by molar-refractivity contribution is -0.147. The Balaban J connectivity index is 0.00000480. The second-order valence-electron chi connectivity index (χ2n) is 8.16. The first kappa shape index (κ1) is 27.2. The number of nitrogens with one attached hydrogen (secondary N) is 3. The van der Waals surface area contributed by atoms with Crippen molar-refractivity contribution < 1.29 is 23.9 Å². The number of ether oxygens (including phenoxy) is 1. The molecule has 3 amide bonds. The van der Waals surface area contributed by atoms with Gasteiger partial charge in [-0.1, -0.05) is 0 Å². The molecular formula is C21H37ClN4O5. The number of esters is 1. The highest BCUT2D eigenvalue weighted by molar-refractivity contribution is 5.86. The summed E-state index contributed by atoms with van der Waals surface area (Å²) in [5, 5.41) is 8.58. The second-order valence-corrected chi connectivity index (χ2v) is 8.16. The lowest BCUT2D eigenvalue weighted by Gasteiger charge is -2.33.